The van der Waals surface area contributed by atoms with Crippen molar-refractivity contribution < 1.29 is 9.53 Å². The number of likely N-dealkylation sites (tertiary alicyclic amines) is 1. The second kappa shape index (κ2) is 14.1. The van der Waals surface area contributed by atoms with E-state index >= 15 is 0 Å². The van der Waals surface area contributed by atoms with Crippen molar-refractivity contribution in [2.24, 2.45) is 0 Å². The number of hydrogen-bond donors (Lipinski definition) is 2. The summed E-state index contributed by atoms with van der Waals surface area (Å²) < 4.78 is 5.10. The highest BCUT2D eigenvalue weighted by Gasteiger charge is 2.24. The lowest BCUT2D eigenvalue weighted by atomic mass is 10.1. The number of benzene rings is 1. The Morgan fingerprint density at radius 3 is 2.20 bits per heavy atom. The first-order chi connectivity index (χ1) is 16.9. The lowest BCUT2D eigenvalue weighted by molar-refractivity contribution is 0.0631. The van der Waals surface area contributed by atoms with Crippen LogP contribution in [0.2, 0.25) is 0 Å². The third-order valence-corrected chi connectivity index (χ3v) is 8.10. The predicted octanol–water partition coefficient (Wildman–Crippen LogP) is 3.10. The molecule has 0 saturated carbocycles. The largest absolute Gasteiger partial charge is 0.497 e. The highest BCUT2D eigenvalue weighted by molar-refractivity contribution is 7.80. The molecular formula is C25H40N6O2S2. The van der Waals surface area contributed by atoms with E-state index < -0.39 is 0 Å². The van der Waals surface area contributed by atoms with E-state index in [2.05, 4.69) is 37.9 Å². The number of ether oxygens (including phenoxy) is 1. The summed E-state index contributed by atoms with van der Waals surface area (Å²) in [7, 11) is 3.54. The zero-order valence-electron chi connectivity index (χ0n) is 21.5. The first-order valence-corrected chi connectivity index (χ1v) is 13.7. The van der Waals surface area contributed by atoms with Crippen molar-refractivity contribution in [1.82, 2.24) is 30.2 Å². The molecule has 194 valence electrons. The Bertz CT molecular complexity index is 917. The van der Waals surface area contributed by atoms with E-state index in [4.69, 9.17) is 4.74 Å². The summed E-state index contributed by atoms with van der Waals surface area (Å²) in [6.07, 6.45) is 3.96. The first kappa shape index (κ1) is 27.9. The molecule has 2 aromatic rings. The average Bonchev–Trinajstić information content (AvgIpc) is 3.55. The van der Waals surface area contributed by atoms with Gasteiger partial charge in [0.2, 0.25) is 5.01 Å². The Labute approximate surface area is 219 Å². The number of nitrogens with one attached hydrogen (secondary N) is 1. The van der Waals surface area contributed by atoms with Gasteiger partial charge in [-0.15, -0.1) is 22.8 Å². The van der Waals surface area contributed by atoms with Crippen molar-refractivity contribution in [1.29, 1.82) is 0 Å². The van der Waals surface area contributed by atoms with Crippen LogP contribution in [0.3, 0.4) is 0 Å². The molecule has 8 nitrogen and oxygen atoms in total. The minimum absolute atomic E-state index is 0.0339. The third-order valence-electron chi connectivity index (χ3n) is 6.48. The van der Waals surface area contributed by atoms with Gasteiger partial charge in [0.1, 0.15) is 10.8 Å². The van der Waals surface area contributed by atoms with Crippen LogP contribution in [-0.4, -0.2) is 97.3 Å². The molecule has 2 saturated heterocycles. The molecule has 0 unspecified atom stereocenters. The van der Waals surface area contributed by atoms with Gasteiger partial charge in [0.25, 0.3) is 5.91 Å². The van der Waals surface area contributed by atoms with Crippen LogP contribution in [0.25, 0.3) is 0 Å². The molecular weight excluding hydrogens is 480 g/mol. The standard InChI is InChI=1S/C16H28N6OS.C9H12OS/c1-17-13-14-18-19-15(24-14)16(23)22-11-9-21(10-12-22)8-4-7-20-5-2-3-6-20;1-6-4-8(10-3)5-7(2)9(6)11/h17H,2-13H2,1H3;4-5,11H,1-3H3. The molecule has 0 spiro atoms. The molecule has 1 N–H and O–H groups in total. The zero-order chi connectivity index (χ0) is 25.2. The van der Waals surface area contributed by atoms with Gasteiger partial charge < -0.3 is 19.9 Å². The van der Waals surface area contributed by atoms with Crippen LogP contribution in [0.15, 0.2) is 17.0 Å². The van der Waals surface area contributed by atoms with E-state index in [9.17, 15) is 4.79 Å². The van der Waals surface area contributed by atoms with E-state index in [-0.39, 0.29) is 5.91 Å². The number of thiol groups is 1. The lowest BCUT2D eigenvalue weighted by Crippen LogP contribution is -2.49. The van der Waals surface area contributed by atoms with Crippen LogP contribution in [0.4, 0.5) is 0 Å². The maximum Gasteiger partial charge on any atom is 0.284 e. The Hall–Kier alpha value is -1.72. The summed E-state index contributed by atoms with van der Waals surface area (Å²) in [5.74, 6) is 0.935. The summed E-state index contributed by atoms with van der Waals surface area (Å²) in [5, 5.41) is 12.5. The number of hydrogen-bond acceptors (Lipinski definition) is 9. The molecule has 2 aliphatic heterocycles. The van der Waals surface area contributed by atoms with Gasteiger partial charge in [0.15, 0.2) is 0 Å². The molecule has 4 rings (SSSR count). The molecule has 1 aromatic carbocycles. The van der Waals surface area contributed by atoms with Crippen LogP contribution in [0, 0.1) is 13.8 Å². The highest BCUT2D eigenvalue weighted by Crippen LogP contribution is 2.23. The van der Waals surface area contributed by atoms with Crippen molar-refractivity contribution in [3.8, 4) is 5.75 Å². The fourth-order valence-electron chi connectivity index (χ4n) is 4.43. The van der Waals surface area contributed by atoms with Gasteiger partial charge in [-0.3, -0.25) is 9.69 Å². The van der Waals surface area contributed by atoms with E-state index in [1.807, 2.05) is 37.9 Å². The highest BCUT2D eigenvalue weighted by atomic mass is 32.1. The molecule has 0 atom stereocenters. The topological polar surface area (TPSA) is 73.8 Å². The normalized spacial score (nSPS) is 16.8. The molecule has 1 amide bonds. The van der Waals surface area contributed by atoms with Crippen molar-refractivity contribution in [2.75, 3.05) is 66.5 Å². The quantitative estimate of drug-likeness (QED) is 0.518. The number of methoxy groups -OCH3 is 1. The smallest absolute Gasteiger partial charge is 0.284 e. The van der Waals surface area contributed by atoms with Crippen LogP contribution < -0.4 is 10.1 Å². The van der Waals surface area contributed by atoms with Gasteiger partial charge in [-0.05, 0) is 89.6 Å². The number of nitrogens with zero attached hydrogens (tertiary/aromatic N) is 5. The molecule has 0 aliphatic carbocycles. The molecule has 0 radical (unpaired) electrons. The number of carbonyl (C=O) groups excluding carboxylic acids is 1. The number of aryl methyl sites for hydroxylation is 2. The molecule has 2 fully saturated rings. The SMILES string of the molecule is CNCc1nnc(C(=O)N2CCN(CCCN3CCCC3)CC2)s1.COc1cc(C)c(S)c(C)c1. The van der Waals surface area contributed by atoms with Gasteiger partial charge in [-0.2, -0.15) is 0 Å². The van der Waals surface area contributed by atoms with E-state index in [1.54, 1.807) is 7.11 Å². The van der Waals surface area contributed by atoms with Crippen LogP contribution in [0.5, 0.6) is 5.75 Å². The van der Waals surface area contributed by atoms with Gasteiger partial charge in [0.05, 0.1) is 7.11 Å². The maximum atomic E-state index is 12.5. The number of amides is 1. The molecule has 2 aliphatic rings. The minimum atomic E-state index is 0.0339. The number of carbonyl (C=O) groups is 1. The van der Waals surface area contributed by atoms with Gasteiger partial charge in [0, 0.05) is 37.6 Å². The van der Waals surface area contributed by atoms with Crippen LogP contribution in [0.1, 0.15) is 45.2 Å². The van der Waals surface area contributed by atoms with Gasteiger partial charge in [-0.1, -0.05) is 11.3 Å². The summed E-state index contributed by atoms with van der Waals surface area (Å²) in [6.45, 7) is 13.2. The Morgan fingerprint density at radius 1 is 1.03 bits per heavy atom. The average molecular weight is 521 g/mol. The maximum absolute atomic E-state index is 12.5. The van der Waals surface area contributed by atoms with E-state index in [1.165, 1.54) is 50.2 Å². The van der Waals surface area contributed by atoms with E-state index in [0.717, 1.165) is 59.5 Å². The predicted molar refractivity (Wildman–Crippen MR) is 145 cm³/mol. The van der Waals surface area contributed by atoms with Crippen molar-refractivity contribution in [2.45, 2.75) is 44.6 Å². The molecule has 0 bridgehead atoms. The van der Waals surface area contributed by atoms with Gasteiger partial charge >= 0.3 is 0 Å². The van der Waals surface area contributed by atoms with Crippen LogP contribution in [-0.2, 0) is 6.54 Å². The van der Waals surface area contributed by atoms with Crippen molar-refractivity contribution >= 4 is 29.9 Å². The third kappa shape index (κ3) is 8.42. The minimum Gasteiger partial charge on any atom is -0.497 e. The molecule has 3 heterocycles. The summed E-state index contributed by atoms with van der Waals surface area (Å²) >= 11 is 5.73. The number of aromatic nitrogens is 2. The Balaban J connectivity index is 0.000000261. The molecule has 35 heavy (non-hydrogen) atoms. The van der Waals surface area contributed by atoms with E-state index in [0.29, 0.717) is 11.6 Å². The summed E-state index contributed by atoms with van der Waals surface area (Å²) in [6, 6.07) is 3.96. The Morgan fingerprint density at radius 2 is 1.63 bits per heavy atom. The number of rotatable bonds is 8. The molecule has 10 heteroatoms. The monoisotopic (exact) mass is 520 g/mol. The fourth-order valence-corrected chi connectivity index (χ4v) is 5.38. The first-order valence-electron chi connectivity index (χ1n) is 12.5. The second-order valence-corrected chi connectivity index (χ2v) is 10.7. The Kier molecular flexibility index (Phi) is 11.2. The summed E-state index contributed by atoms with van der Waals surface area (Å²) in [5.41, 5.74) is 2.32. The second-order valence-electron chi connectivity index (χ2n) is 9.18. The van der Waals surface area contributed by atoms with Crippen molar-refractivity contribution in [3.05, 3.63) is 33.3 Å². The van der Waals surface area contributed by atoms with Gasteiger partial charge in [-0.25, -0.2) is 0 Å². The summed E-state index contributed by atoms with van der Waals surface area (Å²) in [4.78, 5) is 20.5. The van der Waals surface area contributed by atoms with Crippen LogP contribution >= 0.6 is 24.0 Å². The molecule has 1 aromatic heterocycles. The van der Waals surface area contributed by atoms with Crippen molar-refractivity contribution in [3.63, 3.8) is 0 Å². The number of piperazine rings is 1. The lowest BCUT2D eigenvalue weighted by Gasteiger charge is -2.34. The fraction of sp³-hybridized carbons (Fsp3) is 0.640. The zero-order valence-corrected chi connectivity index (χ0v) is 23.3.